The fraction of sp³-hybridized carbons (Fsp3) is 0.160. The van der Waals surface area contributed by atoms with Crippen LogP contribution in [0.1, 0.15) is 33.0 Å². The SMILES string of the molecule is Cc1nn(Cc2ccc(F)cc2)c(Cl)c1/C=C/C(=O)c1ccc(OCc2nccn2C)cc1. The summed E-state index contributed by atoms with van der Waals surface area (Å²) in [6.45, 7) is 2.57. The van der Waals surface area contributed by atoms with E-state index in [1.54, 1.807) is 53.4 Å². The summed E-state index contributed by atoms with van der Waals surface area (Å²) in [5.74, 6) is 1.01. The number of carbonyl (C=O) groups excluding carboxylic acids is 1. The van der Waals surface area contributed by atoms with Gasteiger partial charge in [-0.25, -0.2) is 14.1 Å². The molecule has 2 heterocycles. The molecule has 2 aromatic heterocycles. The molecule has 168 valence electrons. The van der Waals surface area contributed by atoms with E-state index in [2.05, 4.69) is 10.1 Å². The molecule has 0 fully saturated rings. The third kappa shape index (κ3) is 5.38. The van der Waals surface area contributed by atoms with E-state index in [1.807, 2.05) is 24.7 Å². The smallest absolute Gasteiger partial charge is 0.185 e. The van der Waals surface area contributed by atoms with E-state index < -0.39 is 0 Å². The van der Waals surface area contributed by atoms with Gasteiger partial charge in [-0.3, -0.25) is 4.79 Å². The maximum atomic E-state index is 13.1. The molecule has 0 atom stereocenters. The third-order valence-electron chi connectivity index (χ3n) is 5.18. The highest BCUT2D eigenvalue weighted by Gasteiger charge is 2.12. The van der Waals surface area contributed by atoms with Crippen LogP contribution in [0.4, 0.5) is 4.39 Å². The molecule has 0 radical (unpaired) electrons. The van der Waals surface area contributed by atoms with Crippen LogP contribution < -0.4 is 4.74 Å². The van der Waals surface area contributed by atoms with Crippen molar-refractivity contribution in [3.63, 3.8) is 0 Å². The minimum Gasteiger partial charge on any atom is -0.486 e. The summed E-state index contributed by atoms with van der Waals surface area (Å²) >= 11 is 6.49. The number of nitrogens with zero attached hydrogens (tertiary/aromatic N) is 4. The molecule has 0 bridgehead atoms. The molecule has 0 aliphatic rings. The zero-order valence-corrected chi connectivity index (χ0v) is 19.0. The summed E-state index contributed by atoms with van der Waals surface area (Å²) in [6.07, 6.45) is 6.71. The van der Waals surface area contributed by atoms with E-state index in [0.29, 0.717) is 40.9 Å². The Morgan fingerprint density at radius 2 is 1.88 bits per heavy atom. The standard InChI is InChI=1S/C25H22ClFN4O2/c1-17-22(25(26)31(29-17)15-18-3-7-20(27)8-4-18)11-12-23(32)19-5-9-21(10-6-19)33-16-24-28-13-14-30(24)2/h3-14H,15-16H2,1-2H3/b12-11+. The van der Waals surface area contributed by atoms with Crippen LogP contribution in [0.15, 0.2) is 67.0 Å². The van der Waals surface area contributed by atoms with Crippen LogP contribution in [-0.2, 0) is 20.2 Å². The summed E-state index contributed by atoms with van der Waals surface area (Å²) in [5, 5.41) is 4.86. The zero-order chi connectivity index (χ0) is 23.4. The van der Waals surface area contributed by atoms with Crippen molar-refractivity contribution >= 4 is 23.5 Å². The van der Waals surface area contributed by atoms with Crippen molar-refractivity contribution in [3.8, 4) is 5.75 Å². The van der Waals surface area contributed by atoms with Crippen molar-refractivity contribution < 1.29 is 13.9 Å². The topological polar surface area (TPSA) is 61.9 Å². The fourth-order valence-electron chi connectivity index (χ4n) is 3.28. The Labute approximate surface area is 195 Å². The number of hydrogen-bond acceptors (Lipinski definition) is 4. The molecule has 0 saturated carbocycles. The monoisotopic (exact) mass is 464 g/mol. The lowest BCUT2D eigenvalue weighted by Crippen LogP contribution is -2.03. The number of carbonyl (C=O) groups is 1. The lowest BCUT2D eigenvalue weighted by molar-refractivity contribution is 0.104. The number of ketones is 1. The van der Waals surface area contributed by atoms with Gasteiger partial charge >= 0.3 is 0 Å². The Balaban J connectivity index is 1.41. The largest absolute Gasteiger partial charge is 0.486 e. The highest BCUT2D eigenvalue weighted by atomic mass is 35.5. The number of allylic oxidation sites excluding steroid dienone is 1. The van der Waals surface area contributed by atoms with Crippen molar-refractivity contribution in [1.29, 1.82) is 0 Å². The Hall–Kier alpha value is -3.71. The zero-order valence-electron chi connectivity index (χ0n) is 18.2. The third-order valence-corrected chi connectivity index (χ3v) is 5.58. The van der Waals surface area contributed by atoms with Gasteiger partial charge < -0.3 is 9.30 Å². The first-order valence-electron chi connectivity index (χ1n) is 10.3. The summed E-state index contributed by atoms with van der Waals surface area (Å²) in [5.41, 5.74) is 2.77. The summed E-state index contributed by atoms with van der Waals surface area (Å²) < 4.78 is 22.4. The number of imidazole rings is 1. The van der Waals surface area contributed by atoms with E-state index in [9.17, 15) is 9.18 Å². The van der Waals surface area contributed by atoms with Gasteiger partial charge in [-0.05, 0) is 61.0 Å². The highest BCUT2D eigenvalue weighted by Crippen LogP contribution is 2.23. The Kier molecular flexibility index (Phi) is 6.70. The molecule has 0 unspecified atom stereocenters. The summed E-state index contributed by atoms with van der Waals surface area (Å²) in [6, 6.07) is 13.1. The van der Waals surface area contributed by atoms with Crippen molar-refractivity contribution in [1.82, 2.24) is 19.3 Å². The predicted molar refractivity (Wildman–Crippen MR) is 125 cm³/mol. The molecule has 0 spiro atoms. The lowest BCUT2D eigenvalue weighted by atomic mass is 10.1. The number of halogens is 2. The van der Waals surface area contributed by atoms with E-state index in [1.165, 1.54) is 18.2 Å². The van der Waals surface area contributed by atoms with Gasteiger partial charge in [0, 0.05) is 30.6 Å². The molecule has 0 aliphatic carbocycles. The predicted octanol–water partition coefficient (Wildman–Crippen LogP) is 5.24. The van der Waals surface area contributed by atoms with Gasteiger partial charge in [0.25, 0.3) is 0 Å². The molecule has 0 aliphatic heterocycles. The number of hydrogen-bond donors (Lipinski definition) is 0. The normalized spacial score (nSPS) is 11.3. The molecule has 0 amide bonds. The van der Waals surface area contributed by atoms with Crippen LogP contribution in [0.3, 0.4) is 0 Å². The Bertz CT molecular complexity index is 1290. The second-order valence-corrected chi connectivity index (χ2v) is 7.90. The number of aryl methyl sites for hydroxylation is 2. The minimum absolute atomic E-state index is 0.160. The van der Waals surface area contributed by atoms with E-state index in [4.69, 9.17) is 16.3 Å². The van der Waals surface area contributed by atoms with E-state index >= 15 is 0 Å². The molecular weight excluding hydrogens is 443 g/mol. The molecule has 6 nitrogen and oxygen atoms in total. The number of ether oxygens (including phenoxy) is 1. The molecule has 0 saturated heterocycles. The first-order valence-corrected chi connectivity index (χ1v) is 10.7. The van der Waals surface area contributed by atoms with Crippen molar-refractivity contribution in [2.24, 2.45) is 7.05 Å². The van der Waals surface area contributed by atoms with Crippen molar-refractivity contribution in [2.45, 2.75) is 20.1 Å². The minimum atomic E-state index is -0.295. The molecule has 0 N–H and O–H groups in total. The van der Waals surface area contributed by atoms with Gasteiger partial charge in [0.1, 0.15) is 29.2 Å². The quantitative estimate of drug-likeness (QED) is 0.264. The first kappa shape index (κ1) is 22.5. The van der Waals surface area contributed by atoms with Crippen LogP contribution >= 0.6 is 11.6 Å². The average Bonchev–Trinajstić information content (AvgIpc) is 3.34. The molecule has 2 aromatic carbocycles. The Morgan fingerprint density at radius 1 is 1.15 bits per heavy atom. The number of aromatic nitrogens is 4. The van der Waals surface area contributed by atoms with Gasteiger partial charge in [0.05, 0.1) is 12.2 Å². The van der Waals surface area contributed by atoms with E-state index in [-0.39, 0.29) is 11.6 Å². The van der Waals surface area contributed by atoms with Gasteiger partial charge in [0.15, 0.2) is 5.78 Å². The van der Waals surface area contributed by atoms with Crippen LogP contribution in [0, 0.1) is 12.7 Å². The number of rotatable bonds is 8. The van der Waals surface area contributed by atoms with Crippen LogP contribution in [0.2, 0.25) is 5.15 Å². The molecule has 4 aromatic rings. The maximum absolute atomic E-state index is 13.1. The van der Waals surface area contributed by atoms with Crippen molar-refractivity contribution in [3.05, 3.63) is 106 Å². The van der Waals surface area contributed by atoms with E-state index in [0.717, 1.165) is 11.4 Å². The molecule has 33 heavy (non-hydrogen) atoms. The Morgan fingerprint density at radius 3 is 2.55 bits per heavy atom. The molecular formula is C25H22ClFN4O2. The first-order chi connectivity index (χ1) is 15.9. The highest BCUT2D eigenvalue weighted by molar-refractivity contribution is 6.31. The summed E-state index contributed by atoms with van der Waals surface area (Å²) in [7, 11) is 1.90. The fourth-order valence-corrected chi connectivity index (χ4v) is 3.58. The van der Waals surface area contributed by atoms with Gasteiger partial charge in [0.2, 0.25) is 0 Å². The van der Waals surface area contributed by atoms with Crippen molar-refractivity contribution in [2.75, 3.05) is 0 Å². The maximum Gasteiger partial charge on any atom is 0.185 e. The van der Waals surface area contributed by atoms with Gasteiger partial charge in [-0.1, -0.05) is 23.7 Å². The van der Waals surface area contributed by atoms with Crippen LogP contribution in [0.5, 0.6) is 5.75 Å². The second-order valence-electron chi connectivity index (χ2n) is 7.54. The summed E-state index contributed by atoms with van der Waals surface area (Å²) in [4.78, 5) is 16.8. The lowest BCUT2D eigenvalue weighted by Gasteiger charge is -2.06. The van der Waals surface area contributed by atoms with Crippen LogP contribution in [0.25, 0.3) is 6.08 Å². The molecule has 4 rings (SSSR count). The number of benzene rings is 2. The van der Waals surface area contributed by atoms with Crippen LogP contribution in [-0.4, -0.2) is 25.1 Å². The van der Waals surface area contributed by atoms with Gasteiger partial charge in [-0.2, -0.15) is 5.10 Å². The average molecular weight is 465 g/mol. The van der Waals surface area contributed by atoms with Gasteiger partial charge in [-0.15, -0.1) is 0 Å². The second kappa shape index (κ2) is 9.83. The molecule has 8 heteroatoms.